The number of rotatable bonds is 2. The Morgan fingerprint density at radius 1 is 1.29 bits per heavy atom. The molecule has 2 N–H and O–H groups in total. The molecule has 0 radical (unpaired) electrons. The molecule has 1 aliphatic rings. The van der Waals surface area contributed by atoms with Gasteiger partial charge in [-0.15, -0.1) is 0 Å². The highest BCUT2D eigenvalue weighted by Gasteiger charge is 2.24. The molecule has 0 saturated heterocycles. The van der Waals surface area contributed by atoms with E-state index in [4.69, 9.17) is 5.73 Å². The van der Waals surface area contributed by atoms with Crippen molar-refractivity contribution in [2.45, 2.75) is 38.6 Å². The van der Waals surface area contributed by atoms with Crippen LogP contribution in [0, 0.1) is 5.92 Å². The molecule has 0 unspecified atom stereocenters. The lowest BCUT2D eigenvalue weighted by molar-refractivity contribution is 0.340. The van der Waals surface area contributed by atoms with E-state index in [1.807, 2.05) is 0 Å². The molecule has 0 aromatic carbocycles. The van der Waals surface area contributed by atoms with E-state index in [-0.39, 0.29) is 0 Å². The zero-order chi connectivity index (χ0) is 12.4. The maximum atomic E-state index is 5.79. The first-order valence-electron chi connectivity index (χ1n) is 6.08. The van der Waals surface area contributed by atoms with E-state index in [2.05, 4.69) is 44.8 Å². The fourth-order valence-electron chi connectivity index (χ4n) is 2.42. The van der Waals surface area contributed by atoms with Gasteiger partial charge in [0.25, 0.3) is 0 Å². The Morgan fingerprint density at radius 2 is 1.94 bits per heavy atom. The maximum Gasteiger partial charge on any atom is 0.148 e. The molecule has 0 bridgehead atoms. The second-order valence-electron chi connectivity index (χ2n) is 4.92. The van der Waals surface area contributed by atoms with Gasteiger partial charge in [-0.3, -0.25) is 0 Å². The Hall–Kier alpha value is -0.840. The van der Waals surface area contributed by atoms with E-state index in [0.717, 1.165) is 16.2 Å². The number of hydrogen-bond acceptors (Lipinski definition) is 4. The van der Waals surface area contributed by atoms with Crippen molar-refractivity contribution in [2.24, 2.45) is 5.92 Å². The Labute approximate surface area is 111 Å². The number of aromatic nitrogens is 2. The summed E-state index contributed by atoms with van der Waals surface area (Å²) in [5.41, 5.74) is 5.79. The second-order valence-corrected chi connectivity index (χ2v) is 5.71. The summed E-state index contributed by atoms with van der Waals surface area (Å²) < 4.78 is 0.807. The van der Waals surface area contributed by atoms with Gasteiger partial charge in [0.1, 0.15) is 22.4 Å². The van der Waals surface area contributed by atoms with Crippen LogP contribution in [0.5, 0.6) is 0 Å². The number of nitrogen functional groups attached to an aromatic ring is 1. The van der Waals surface area contributed by atoms with Gasteiger partial charge in [0.05, 0.1) is 0 Å². The Balaban J connectivity index is 2.14. The molecule has 17 heavy (non-hydrogen) atoms. The first kappa shape index (κ1) is 12.6. The maximum absolute atomic E-state index is 5.79. The summed E-state index contributed by atoms with van der Waals surface area (Å²) in [6, 6.07) is 0.566. The molecule has 0 amide bonds. The smallest absolute Gasteiger partial charge is 0.148 e. The van der Waals surface area contributed by atoms with E-state index >= 15 is 0 Å². The molecule has 94 valence electrons. The predicted octanol–water partition coefficient (Wildman–Crippen LogP) is 2.84. The topological polar surface area (TPSA) is 55.0 Å². The van der Waals surface area contributed by atoms with Crippen LogP contribution in [0.15, 0.2) is 10.8 Å². The molecule has 0 atom stereocenters. The molecular formula is C12H19BrN4. The molecule has 2 rings (SSSR count). The Bertz CT molecular complexity index is 388. The third-order valence-corrected chi connectivity index (χ3v) is 4.43. The molecule has 0 spiro atoms. The summed E-state index contributed by atoms with van der Waals surface area (Å²) >= 11 is 3.47. The first-order valence-corrected chi connectivity index (χ1v) is 6.87. The van der Waals surface area contributed by atoms with Crippen LogP contribution in [-0.2, 0) is 0 Å². The van der Waals surface area contributed by atoms with Crippen molar-refractivity contribution in [3.63, 3.8) is 0 Å². The van der Waals surface area contributed by atoms with Crippen LogP contribution in [0.1, 0.15) is 32.6 Å². The van der Waals surface area contributed by atoms with Crippen LogP contribution in [0.3, 0.4) is 0 Å². The van der Waals surface area contributed by atoms with Crippen molar-refractivity contribution in [1.82, 2.24) is 9.97 Å². The van der Waals surface area contributed by atoms with Crippen molar-refractivity contribution in [3.8, 4) is 0 Å². The average Bonchev–Trinajstić information content (AvgIpc) is 2.33. The number of halogens is 1. The van der Waals surface area contributed by atoms with Gasteiger partial charge in [0.2, 0.25) is 0 Å². The molecule has 4 nitrogen and oxygen atoms in total. The van der Waals surface area contributed by atoms with Crippen molar-refractivity contribution >= 4 is 27.6 Å². The van der Waals surface area contributed by atoms with Gasteiger partial charge in [-0.05, 0) is 47.5 Å². The van der Waals surface area contributed by atoms with E-state index < -0.39 is 0 Å². The van der Waals surface area contributed by atoms with Crippen LogP contribution in [0.4, 0.5) is 11.6 Å². The van der Waals surface area contributed by atoms with Gasteiger partial charge in [-0.1, -0.05) is 6.92 Å². The lowest BCUT2D eigenvalue weighted by Crippen LogP contribution is -2.35. The van der Waals surface area contributed by atoms with E-state index in [9.17, 15) is 0 Å². The average molecular weight is 299 g/mol. The molecule has 1 aromatic heterocycles. The van der Waals surface area contributed by atoms with Crippen LogP contribution < -0.4 is 10.6 Å². The molecule has 0 aliphatic heterocycles. The van der Waals surface area contributed by atoms with Crippen LogP contribution in [-0.4, -0.2) is 23.1 Å². The van der Waals surface area contributed by atoms with E-state index in [0.29, 0.717) is 11.9 Å². The fraction of sp³-hybridized carbons (Fsp3) is 0.667. The summed E-state index contributed by atoms with van der Waals surface area (Å²) in [6.07, 6.45) is 6.58. The summed E-state index contributed by atoms with van der Waals surface area (Å²) in [4.78, 5) is 10.5. The molecule has 1 heterocycles. The lowest BCUT2D eigenvalue weighted by Gasteiger charge is -2.34. The van der Waals surface area contributed by atoms with E-state index in [1.54, 1.807) is 0 Å². The molecule has 1 fully saturated rings. The van der Waals surface area contributed by atoms with Crippen molar-refractivity contribution < 1.29 is 0 Å². The zero-order valence-corrected chi connectivity index (χ0v) is 11.9. The highest BCUT2D eigenvalue weighted by molar-refractivity contribution is 9.10. The molecular weight excluding hydrogens is 280 g/mol. The highest BCUT2D eigenvalue weighted by Crippen LogP contribution is 2.33. The molecule has 1 aromatic rings. The second kappa shape index (κ2) is 5.21. The van der Waals surface area contributed by atoms with Gasteiger partial charge in [0, 0.05) is 13.1 Å². The van der Waals surface area contributed by atoms with Gasteiger partial charge in [0.15, 0.2) is 0 Å². The van der Waals surface area contributed by atoms with Crippen LogP contribution in [0.25, 0.3) is 0 Å². The minimum absolute atomic E-state index is 0.506. The minimum atomic E-state index is 0.506. The minimum Gasteiger partial charge on any atom is -0.383 e. The highest BCUT2D eigenvalue weighted by atomic mass is 79.9. The summed E-state index contributed by atoms with van der Waals surface area (Å²) in [5.74, 6) is 2.27. The van der Waals surface area contributed by atoms with Gasteiger partial charge in [-0.2, -0.15) is 0 Å². The first-order chi connectivity index (χ1) is 8.09. The normalized spacial score (nSPS) is 24.6. The summed E-state index contributed by atoms with van der Waals surface area (Å²) in [7, 11) is 2.09. The summed E-state index contributed by atoms with van der Waals surface area (Å²) in [5, 5.41) is 0. The summed E-state index contributed by atoms with van der Waals surface area (Å²) in [6.45, 7) is 2.33. The third kappa shape index (κ3) is 2.70. The number of nitrogens with zero attached hydrogens (tertiary/aromatic N) is 3. The van der Waals surface area contributed by atoms with Crippen molar-refractivity contribution in [3.05, 3.63) is 10.8 Å². The van der Waals surface area contributed by atoms with Crippen LogP contribution >= 0.6 is 15.9 Å². The Morgan fingerprint density at radius 3 is 2.59 bits per heavy atom. The number of nitrogens with two attached hydrogens (primary N) is 1. The third-order valence-electron chi connectivity index (χ3n) is 3.67. The standard InChI is InChI=1S/C12H19BrN4/c1-8-3-5-9(6-4-8)17(2)12-10(13)11(14)15-7-16-12/h7-9H,3-6H2,1-2H3,(H2,14,15,16). The number of hydrogen-bond donors (Lipinski definition) is 1. The van der Waals surface area contributed by atoms with Crippen LogP contribution in [0.2, 0.25) is 0 Å². The zero-order valence-electron chi connectivity index (χ0n) is 10.4. The number of anilines is 2. The quantitative estimate of drug-likeness (QED) is 0.912. The fourth-order valence-corrected chi connectivity index (χ4v) is 2.91. The molecule has 1 saturated carbocycles. The van der Waals surface area contributed by atoms with E-state index in [1.165, 1.54) is 32.0 Å². The Kier molecular flexibility index (Phi) is 3.86. The largest absolute Gasteiger partial charge is 0.383 e. The van der Waals surface area contributed by atoms with Gasteiger partial charge < -0.3 is 10.6 Å². The van der Waals surface area contributed by atoms with Gasteiger partial charge in [-0.25, -0.2) is 9.97 Å². The SMILES string of the molecule is CC1CCC(N(C)c2ncnc(N)c2Br)CC1. The van der Waals surface area contributed by atoms with Crippen molar-refractivity contribution in [1.29, 1.82) is 0 Å². The molecule has 1 aliphatic carbocycles. The van der Waals surface area contributed by atoms with Gasteiger partial charge >= 0.3 is 0 Å². The molecule has 5 heteroatoms. The van der Waals surface area contributed by atoms with Crippen molar-refractivity contribution in [2.75, 3.05) is 17.7 Å². The predicted molar refractivity (Wildman–Crippen MR) is 74.0 cm³/mol. The lowest BCUT2D eigenvalue weighted by atomic mass is 9.87. The monoisotopic (exact) mass is 298 g/mol.